The van der Waals surface area contributed by atoms with Crippen LogP contribution in [0.15, 0.2) is 0 Å². The summed E-state index contributed by atoms with van der Waals surface area (Å²) in [6.07, 6.45) is 5.81. The van der Waals surface area contributed by atoms with Gasteiger partial charge in [-0.1, -0.05) is 20.3 Å². The number of nitrogens with one attached hydrogen (secondary N) is 1. The molecule has 1 amide bonds. The number of rotatable bonds is 2. The van der Waals surface area contributed by atoms with Gasteiger partial charge in [0.15, 0.2) is 0 Å². The largest absolute Gasteiger partial charge is 0.342 e. The molecular weight excluding hydrogens is 212 g/mol. The van der Waals surface area contributed by atoms with Crippen LogP contribution >= 0.6 is 0 Å². The fourth-order valence-corrected chi connectivity index (χ4v) is 2.94. The van der Waals surface area contributed by atoms with E-state index in [1.807, 2.05) is 0 Å². The van der Waals surface area contributed by atoms with Crippen molar-refractivity contribution >= 4 is 5.91 Å². The Morgan fingerprint density at radius 2 is 2.12 bits per heavy atom. The Morgan fingerprint density at radius 3 is 2.65 bits per heavy atom. The summed E-state index contributed by atoms with van der Waals surface area (Å²) < 4.78 is 0. The summed E-state index contributed by atoms with van der Waals surface area (Å²) in [5.41, 5.74) is 0.474. The van der Waals surface area contributed by atoms with Crippen molar-refractivity contribution in [2.24, 2.45) is 11.3 Å². The van der Waals surface area contributed by atoms with Crippen molar-refractivity contribution in [3.8, 4) is 0 Å². The number of hydrogen-bond donors (Lipinski definition) is 1. The van der Waals surface area contributed by atoms with Crippen LogP contribution in [-0.4, -0.2) is 37.0 Å². The van der Waals surface area contributed by atoms with Crippen molar-refractivity contribution < 1.29 is 4.79 Å². The molecule has 0 aliphatic carbocycles. The van der Waals surface area contributed by atoms with Gasteiger partial charge in [-0.3, -0.25) is 4.79 Å². The molecule has 17 heavy (non-hydrogen) atoms. The summed E-state index contributed by atoms with van der Waals surface area (Å²) in [5, 5.41) is 3.33. The Kier molecular flexibility index (Phi) is 4.08. The SMILES string of the molecule is CCC1(C)CCN(C(=O)C2CCCNC2)CC1. The second-order valence-electron chi connectivity index (χ2n) is 6.03. The van der Waals surface area contributed by atoms with Crippen LogP contribution in [-0.2, 0) is 4.79 Å². The van der Waals surface area contributed by atoms with Crippen LogP contribution in [0.2, 0.25) is 0 Å². The average molecular weight is 238 g/mol. The molecule has 2 rings (SSSR count). The maximum atomic E-state index is 12.3. The molecule has 1 atom stereocenters. The van der Waals surface area contributed by atoms with Crippen LogP contribution in [0, 0.1) is 11.3 Å². The Balaban J connectivity index is 1.85. The van der Waals surface area contributed by atoms with E-state index in [4.69, 9.17) is 0 Å². The number of carbonyl (C=O) groups is 1. The highest BCUT2D eigenvalue weighted by Crippen LogP contribution is 2.34. The molecule has 2 saturated heterocycles. The maximum Gasteiger partial charge on any atom is 0.226 e. The molecule has 1 N–H and O–H groups in total. The summed E-state index contributed by atoms with van der Waals surface area (Å²) in [5.74, 6) is 0.644. The minimum absolute atomic E-state index is 0.245. The Morgan fingerprint density at radius 1 is 1.41 bits per heavy atom. The van der Waals surface area contributed by atoms with E-state index >= 15 is 0 Å². The van der Waals surface area contributed by atoms with E-state index in [0.717, 1.165) is 39.0 Å². The molecule has 2 heterocycles. The molecule has 0 aromatic rings. The second-order valence-corrected chi connectivity index (χ2v) is 6.03. The van der Waals surface area contributed by atoms with Gasteiger partial charge in [-0.25, -0.2) is 0 Å². The molecule has 0 bridgehead atoms. The minimum Gasteiger partial charge on any atom is -0.342 e. The van der Waals surface area contributed by atoms with E-state index in [-0.39, 0.29) is 5.92 Å². The molecule has 2 aliphatic heterocycles. The van der Waals surface area contributed by atoms with E-state index in [1.165, 1.54) is 19.3 Å². The predicted octanol–water partition coefficient (Wildman–Crippen LogP) is 2.02. The summed E-state index contributed by atoms with van der Waals surface area (Å²) in [4.78, 5) is 14.4. The first-order valence-electron chi connectivity index (χ1n) is 7.14. The van der Waals surface area contributed by atoms with Crippen LogP contribution in [0.4, 0.5) is 0 Å². The van der Waals surface area contributed by atoms with E-state index in [9.17, 15) is 4.79 Å². The van der Waals surface area contributed by atoms with E-state index < -0.39 is 0 Å². The quantitative estimate of drug-likeness (QED) is 0.798. The monoisotopic (exact) mass is 238 g/mol. The highest BCUT2D eigenvalue weighted by atomic mass is 16.2. The number of likely N-dealkylation sites (tertiary alicyclic amines) is 1. The Labute approximate surface area is 105 Å². The third-order valence-corrected chi connectivity index (χ3v) is 4.78. The molecule has 0 aromatic carbocycles. The van der Waals surface area contributed by atoms with Crippen molar-refractivity contribution in [3.63, 3.8) is 0 Å². The molecule has 3 heteroatoms. The number of amides is 1. The molecule has 98 valence electrons. The van der Waals surface area contributed by atoms with E-state index in [2.05, 4.69) is 24.1 Å². The van der Waals surface area contributed by atoms with Gasteiger partial charge in [0, 0.05) is 19.6 Å². The molecule has 2 fully saturated rings. The molecule has 0 spiro atoms. The lowest BCUT2D eigenvalue weighted by Gasteiger charge is -2.40. The first kappa shape index (κ1) is 12.9. The Hall–Kier alpha value is -0.570. The third-order valence-electron chi connectivity index (χ3n) is 4.78. The van der Waals surface area contributed by atoms with Crippen LogP contribution in [0.5, 0.6) is 0 Å². The van der Waals surface area contributed by atoms with Gasteiger partial charge in [0.1, 0.15) is 0 Å². The number of nitrogens with zero attached hydrogens (tertiary/aromatic N) is 1. The molecule has 0 radical (unpaired) electrons. The lowest BCUT2D eigenvalue weighted by Crippen LogP contribution is -2.47. The molecule has 1 unspecified atom stereocenters. The van der Waals surface area contributed by atoms with Crippen molar-refractivity contribution in [3.05, 3.63) is 0 Å². The zero-order chi connectivity index (χ0) is 12.3. The third kappa shape index (κ3) is 3.01. The van der Waals surface area contributed by atoms with Crippen LogP contribution in [0.3, 0.4) is 0 Å². The smallest absolute Gasteiger partial charge is 0.226 e. The van der Waals surface area contributed by atoms with Gasteiger partial charge >= 0.3 is 0 Å². The van der Waals surface area contributed by atoms with Gasteiger partial charge in [0.05, 0.1) is 5.92 Å². The number of piperidine rings is 2. The predicted molar refractivity (Wildman–Crippen MR) is 69.8 cm³/mol. The number of hydrogen-bond acceptors (Lipinski definition) is 2. The molecule has 2 aliphatic rings. The highest BCUT2D eigenvalue weighted by molar-refractivity contribution is 5.79. The molecule has 0 aromatic heterocycles. The van der Waals surface area contributed by atoms with Crippen molar-refractivity contribution in [1.82, 2.24) is 10.2 Å². The molecule has 3 nitrogen and oxygen atoms in total. The van der Waals surface area contributed by atoms with Gasteiger partial charge in [0.25, 0.3) is 0 Å². The van der Waals surface area contributed by atoms with Crippen molar-refractivity contribution in [2.75, 3.05) is 26.2 Å². The van der Waals surface area contributed by atoms with Gasteiger partial charge < -0.3 is 10.2 Å². The van der Waals surface area contributed by atoms with Gasteiger partial charge in [-0.05, 0) is 37.6 Å². The highest BCUT2D eigenvalue weighted by Gasteiger charge is 2.33. The van der Waals surface area contributed by atoms with E-state index in [0.29, 0.717) is 11.3 Å². The minimum atomic E-state index is 0.245. The van der Waals surface area contributed by atoms with Crippen molar-refractivity contribution in [2.45, 2.75) is 46.0 Å². The fraction of sp³-hybridized carbons (Fsp3) is 0.929. The zero-order valence-electron chi connectivity index (χ0n) is 11.3. The van der Waals surface area contributed by atoms with Gasteiger partial charge in [-0.15, -0.1) is 0 Å². The lowest BCUT2D eigenvalue weighted by molar-refractivity contribution is -0.138. The molecule has 0 saturated carbocycles. The lowest BCUT2D eigenvalue weighted by atomic mass is 9.78. The second kappa shape index (κ2) is 5.38. The van der Waals surface area contributed by atoms with Crippen LogP contribution < -0.4 is 5.32 Å². The first-order valence-corrected chi connectivity index (χ1v) is 7.14. The summed E-state index contributed by atoms with van der Waals surface area (Å²) >= 11 is 0. The van der Waals surface area contributed by atoms with Gasteiger partial charge in [0.2, 0.25) is 5.91 Å². The normalized spacial score (nSPS) is 29.1. The fourth-order valence-electron chi connectivity index (χ4n) is 2.94. The first-order chi connectivity index (χ1) is 8.14. The van der Waals surface area contributed by atoms with E-state index in [1.54, 1.807) is 0 Å². The Bertz CT molecular complexity index is 263. The zero-order valence-corrected chi connectivity index (χ0v) is 11.3. The molecular formula is C14H26N2O. The van der Waals surface area contributed by atoms with Crippen molar-refractivity contribution in [1.29, 1.82) is 0 Å². The summed E-state index contributed by atoms with van der Waals surface area (Å²) in [6.45, 7) is 8.54. The number of carbonyl (C=O) groups excluding carboxylic acids is 1. The van der Waals surface area contributed by atoms with Gasteiger partial charge in [-0.2, -0.15) is 0 Å². The van der Waals surface area contributed by atoms with Crippen LogP contribution in [0.25, 0.3) is 0 Å². The average Bonchev–Trinajstić information content (AvgIpc) is 2.40. The summed E-state index contributed by atoms with van der Waals surface area (Å²) in [6, 6.07) is 0. The van der Waals surface area contributed by atoms with Crippen LogP contribution in [0.1, 0.15) is 46.0 Å². The topological polar surface area (TPSA) is 32.3 Å². The standard InChI is InChI=1S/C14H26N2O/c1-3-14(2)6-9-16(10-7-14)13(17)12-5-4-8-15-11-12/h12,15H,3-11H2,1-2H3. The summed E-state index contributed by atoms with van der Waals surface area (Å²) in [7, 11) is 0. The maximum absolute atomic E-state index is 12.3.